The molecular weight excluding hydrogens is 367 g/mol. The maximum Gasteiger partial charge on any atom is 0.389 e. The lowest BCUT2D eigenvalue weighted by Gasteiger charge is -2.17. The fraction of sp³-hybridized carbons (Fsp3) is 0.368. The number of ketones is 1. The smallest absolute Gasteiger partial charge is 0.389 e. The molecule has 1 aromatic carbocycles. The van der Waals surface area contributed by atoms with Crippen molar-refractivity contribution >= 4 is 34.4 Å². The summed E-state index contributed by atoms with van der Waals surface area (Å²) in [7, 11) is 0. The highest BCUT2D eigenvalue weighted by Crippen LogP contribution is 2.28. The SMILES string of the molecule is O=C1CC(OCCCCCC(F)(F)F)=Cc2nc3cc(Cl)ccc3cc21. The number of fused-ring (bicyclic) bond motifs is 2. The second kappa shape index (κ2) is 7.66. The fourth-order valence-corrected chi connectivity index (χ4v) is 3.01. The molecule has 1 aliphatic carbocycles. The van der Waals surface area contributed by atoms with E-state index in [1.54, 1.807) is 24.3 Å². The highest BCUT2D eigenvalue weighted by molar-refractivity contribution is 6.31. The number of Topliss-reactive ketones (excluding diaryl/α,β-unsaturated/α-hetero) is 1. The Morgan fingerprint density at radius 3 is 2.73 bits per heavy atom. The summed E-state index contributed by atoms with van der Waals surface area (Å²) in [6, 6.07) is 7.08. The number of rotatable bonds is 6. The minimum Gasteiger partial charge on any atom is -0.497 e. The minimum atomic E-state index is -4.11. The Morgan fingerprint density at radius 2 is 1.96 bits per heavy atom. The van der Waals surface area contributed by atoms with Gasteiger partial charge in [-0.15, -0.1) is 0 Å². The molecule has 0 bridgehead atoms. The summed E-state index contributed by atoms with van der Waals surface area (Å²) < 4.78 is 41.8. The van der Waals surface area contributed by atoms with Gasteiger partial charge in [0.1, 0.15) is 5.76 Å². The largest absolute Gasteiger partial charge is 0.497 e. The summed E-state index contributed by atoms with van der Waals surface area (Å²) >= 11 is 5.98. The molecule has 3 nitrogen and oxygen atoms in total. The molecule has 0 amide bonds. The second-order valence-corrected chi connectivity index (χ2v) is 6.68. The third kappa shape index (κ3) is 4.75. The summed E-state index contributed by atoms with van der Waals surface area (Å²) in [4.78, 5) is 16.8. The van der Waals surface area contributed by atoms with Gasteiger partial charge in [-0.25, -0.2) is 4.98 Å². The summed E-state index contributed by atoms with van der Waals surface area (Å²) in [6.07, 6.45) is -2.01. The van der Waals surface area contributed by atoms with E-state index in [0.29, 0.717) is 40.4 Å². The molecule has 0 radical (unpaired) electrons. The summed E-state index contributed by atoms with van der Waals surface area (Å²) in [6.45, 7) is 0.283. The number of hydrogen-bond acceptors (Lipinski definition) is 3. The topological polar surface area (TPSA) is 39.2 Å². The Kier molecular flexibility index (Phi) is 5.51. The molecule has 26 heavy (non-hydrogen) atoms. The van der Waals surface area contributed by atoms with Crippen molar-refractivity contribution in [2.45, 2.75) is 38.3 Å². The first-order valence-corrected chi connectivity index (χ1v) is 8.73. The zero-order valence-electron chi connectivity index (χ0n) is 13.9. The van der Waals surface area contributed by atoms with Crippen LogP contribution in [0.4, 0.5) is 13.2 Å². The molecule has 0 N–H and O–H groups in total. The average Bonchev–Trinajstić information content (AvgIpc) is 2.55. The highest BCUT2D eigenvalue weighted by atomic mass is 35.5. The van der Waals surface area contributed by atoms with E-state index in [9.17, 15) is 18.0 Å². The van der Waals surface area contributed by atoms with Crippen LogP contribution in [0, 0.1) is 0 Å². The number of benzene rings is 1. The second-order valence-electron chi connectivity index (χ2n) is 6.24. The van der Waals surface area contributed by atoms with Gasteiger partial charge >= 0.3 is 6.18 Å². The van der Waals surface area contributed by atoms with Gasteiger partial charge in [0.2, 0.25) is 0 Å². The van der Waals surface area contributed by atoms with E-state index in [-0.39, 0.29) is 25.2 Å². The first-order valence-electron chi connectivity index (χ1n) is 8.35. The average molecular weight is 384 g/mol. The van der Waals surface area contributed by atoms with E-state index >= 15 is 0 Å². The lowest BCUT2D eigenvalue weighted by molar-refractivity contribution is -0.135. The number of allylic oxidation sites excluding steroid dienone is 1. The maximum atomic E-state index is 12.3. The molecule has 0 atom stereocenters. The Morgan fingerprint density at radius 1 is 1.15 bits per heavy atom. The van der Waals surface area contributed by atoms with Crippen molar-refractivity contribution < 1.29 is 22.7 Å². The zero-order valence-corrected chi connectivity index (χ0v) is 14.7. The molecule has 1 heterocycles. The first kappa shape index (κ1) is 18.7. The Hall–Kier alpha value is -2.08. The lowest BCUT2D eigenvalue weighted by atomic mass is 9.97. The maximum absolute atomic E-state index is 12.3. The first-order chi connectivity index (χ1) is 12.3. The van der Waals surface area contributed by atoms with Crippen LogP contribution >= 0.6 is 11.6 Å². The van der Waals surface area contributed by atoms with Crippen molar-refractivity contribution in [2.75, 3.05) is 6.61 Å². The van der Waals surface area contributed by atoms with Gasteiger partial charge in [-0.05, 0) is 37.5 Å². The quantitative estimate of drug-likeness (QED) is 0.578. The van der Waals surface area contributed by atoms with E-state index in [0.717, 1.165) is 5.39 Å². The molecule has 3 rings (SSSR count). The molecule has 0 saturated heterocycles. The van der Waals surface area contributed by atoms with E-state index < -0.39 is 12.6 Å². The molecule has 0 saturated carbocycles. The molecule has 0 spiro atoms. The van der Waals surface area contributed by atoms with Crippen LogP contribution in [-0.2, 0) is 4.74 Å². The van der Waals surface area contributed by atoms with Crippen LogP contribution in [0.25, 0.3) is 17.0 Å². The molecular formula is C19H17ClF3NO2. The van der Waals surface area contributed by atoms with Gasteiger partial charge in [0.05, 0.1) is 24.2 Å². The predicted molar refractivity (Wildman–Crippen MR) is 94.2 cm³/mol. The minimum absolute atomic E-state index is 0.0843. The van der Waals surface area contributed by atoms with Crippen LogP contribution < -0.4 is 0 Å². The number of carbonyl (C=O) groups excluding carboxylic acids is 1. The molecule has 0 unspecified atom stereocenters. The van der Waals surface area contributed by atoms with Crippen molar-refractivity contribution in [1.82, 2.24) is 4.98 Å². The van der Waals surface area contributed by atoms with Crippen molar-refractivity contribution in [3.8, 4) is 0 Å². The van der Waals surface area contributed by atoms with Crippen LogP contribution in [0.3, 0.4) is 0 Å². The van der Waals surface area contributed by atoms with Crippen molar-refractivity contribution in [3.63, 3.8) is 0 Å². The number of unbranched alkanes of at least 4 members (excludes halogenated alkanes) is 2. The Balaban J connectivity index is 1.63. The van der Waals surface area contributed by atoms with Crippen molar-refractivity contribution in [3.05, 3.63) is 46.3 Å². The molecule has 0 fully saturated rings. The number of alkyl halides is 3. The summed E-state index contributed by atoms with van der Waals surface area (Å²) in [5, 5.41) is 1.40. The Bertz CT molecular complexity index is 862. The van der Waals surface area contributed by atoms with Gasteiger partial charge in [-0.1, -0.05) is 17.7 Å². The van der Waals surface area contributed by atoms with Crippen LogP contribution in [-0.4, -0.2) is 23.6 Å². The number of carbonyl (C=O) groups is 1. The zero-order chi connectivity index (χ0) is 18.7. The number of ether oxygens (including phenoxy) is 1. The number of pyridine rings is 1. The van der Waals surface area contributed by atoms with Crippen LogP contribution in [0.1, 0.15) is 48.2 Å². The fourth-order valence-electron chi connectivity index (χ4n) is 2.85. The lowest BCUT2D eigenvalue weighted by Crippen LogP contribution is -2.12. The third-order valence-electron chi connectivity index (χ3n) is 4.13. The number of nitrogens with zero attached hydrogens (tertiary/aromatic N) is 1. The molecule has 0 aliphatic heterocycles. The van der Waals surface area contributed by atoms with Crippen LogP contribution in [0.2, 0.25) is 5.02 Å². The standard InChI is InChI=1S/C19H17ClF3NO2/c20-13-5-4-12-8-15-17(24-16(12)9-13)10-14(11-18(15)25)26-7-3-1-2-6-19(21,22)23/h4-5,8-10H,1-3,6-7,11H2. The van der Waals surface area contributed by atoms with Gasteiger partial charge < -0.3 is 4.74 Å². The van der Waals surface area contributed by atoms with Crippen molar-refractivity contribution in [1.29, 1.82) is 0 Å². The van der Waals surface area contributed by atoms with Crippen molar-refractivity contribution in [2.24, 2.45) is 0 Å². The van der Waals surface area contributed by atoms with E-state index in [1.807, 2.05) is 6.07 Å². The molecule has 138 valence electrons. The van der Waals surface area contributed by atoms with Gasteiger partial charge in [0.25, 0.3) is 0 Å². The Labute approximate surface area is 153 Å². The third-order valence-corrected chi connectivity index (χ3v) is 4.37. The highest BCUT2D eigenvalue weighted by Gasteiger charge is 2.26. The summed E-state index contributed by atoms with van der Waals surface area (Å²) in [5.41, 5.74) is 1.76. The number of hydrogen-bond donors (Lipinski definition) is 0. The van der Waals surface area contributed by atoms with E-state index in [2.05, 4.69) is 4.98 Å². The number of halogens is 4. The van der Waals surface area contributed by atoms with E-state index in [4.69, 9.17) is 16.3 Å². The normalized spacial score (nSPS) is 14.3. The van der Waals surface area contributed by atoms with Crippen LogP contribution in [0.5, 0.6) is 0 Å². The number of aromatic nitrogens is 1. The van der Waals surface area contributed by atoms with E-state index in [1.165, 1.54) is 0 Å². The van der Waals surface area contributed by atoms with Gasteiger partial charge in [0.15, 0.2) is 5.78 Å². The molecule has 7 heteroatoms. The van der Waals surface area contributed by atoms with Gasteiger partial charge in [-0.2, -0.15) is 13.2 Å². The molecule has 1 aliphatic rings. The molecule has 2 aromatic rings. The van der Waals surface area contributed by atoms with Gasteiger partial charge in [0, 0.05) is 28.5 Å². The summed E-state index contributed by atoms with van der Waals surface area (Å²) in [5.74, 6) is 0.408. The molecule has 1 aromatic heterocycles. The predicted octanol–water partition coefficient (Wildman–Crippen LogP) is 5.95. The van der Waals surface area contributed by atoms with Crippen LogP contribution in [0.15, 0.2) is 30.0 Å². The monoisotopic (exact) mass is 383 g/mol. The van der Waals surface area contributed by atoms with Gasteiger partial charge in [-0.3, -0.25) is 4.79 Å².